The first-order chi connectivity index (χ1) is 14.0. The van der Waals surface area contributed by atoms with Crippen LogP contribution in [0, 0.1) is 13.8 Å². The van der Waals surface area contributed by atoms with Crippen molar-refractivity contribution in [1.82, 2.24) is 25.3 Å². The first kappa shape index (κ1) is 21.4. The van der Waals surface area contributed by atoms with E-state index < -0.39 is 0 Å². The third-order valence-electron chi connectivity index (χ3n) is 5.91. The van der Waals surface area contributed by atoms with Gasteiger partial charge < -0.3 is 10.6 Å². The molecule has 158 valence electrons. The lowest BCUT2D eigenvalue weighted by Crippen LogP contribution is -2.44. The third-order valence-corrected chi connectivity index (χ3v) is 5.91. The van der Waals surface area contributed by atoms with Crippen LogP contribution in [0.1, 0.15) is 42.8 Å². The Morgan fingerprint density at radius 3 is 2.66 bits per heavy atom. The maximum Gasteiger partial charge on any atom is 0.191 e. The number of guanidine groups is 1. The fraction of sp³-hybridized carbons (Fsp3) is 0.565. The highest BCUT2D eigenvalue weighted by molar-refractivity contribution is 5.80. The summed E-state index contributed by atoms with van der Waals surface area (Å²) in [6.07, 6.45) is 2.06. The fourth-order valence-electron chi connectivity index (χ4n) is 4.21. The van der Waals surface area contributed by atoms with E-state index in [1.807, 2.05) is 11.7 Å². The van der Waals surface area contributed by atoms with Gasteiger partial charge >= 0.3 is 0 Å². The van der Waals surface area contributed by atoms with E-state index in [2.05, 4.69) is 78.7 Å². The molecule has 1 fully saturated rings. The van der Waals surface area contributed by atoms with Crippen molar-refractivity contribution in [2.24, 2.45) is 12.0 Å². The van der Waals surface area contributed by atoms with Gasteiger partial charge in [-0.2, -0.15) is 5.10 Å². The smallest absolute Gasteiger partial charge is 0.191 e. The first-order valence-electron chi connectivity index (χ1n) is 10.8. The molecule has 0 aliphatic carbocycles. The van der Waals surface area contributed by atoms with Crippen molar-refractivity contribution >= 4 is 5.96 Å². The highest BCUT2D eigenvalue weighted by Crippen LogP contribution is 2.20. The van der Waals surface area contributed by atoms with Gasteiger partial charge in [0.1, 0.15) is 0 Å². The molecule has 2 aromatic rings. The predicted octanol–water partition coefficient (Wildman–Crippen LogP) is 2.80. The van der Waals surface area contributed by atoms with Crippen molar-refractivity contribution in [2.45, 2.75) is 59.2 Å². The van der Waals surface area contributed by atoms with Crippen molar-refractivity contribution in [2.75, 3.05) is 19.6 Å². The number of nitrogens with one attached hydrogen (secondary N) is 2. The van der Waals surface area contributed by atoms with Gasteiger partial charge in [-0.1, -0.05) is 30.3 Å². The molecule has 1 aliphatic heterocycles. The van der Waals surface area contributed by atoms with Crippen molar-refractivity contribution < 1.29 is 0 Å². The van der Waals surface area contributed by atoms with E-state index in [0.717, 1.165) is 50.7 Å². The largest absolute Gasteiger partial charge is 0.357 e. The van der Waals surface area contributed by atoms with E-state index in [4.69, 9.17) is 4.99 Å². The Hall–Kier alpha value is -2.34. The molecule has 0 amide bonds. The van der Waals surface area contributed by atoms with Gasteiger partial charge in [-0.25, -0.2) is 0 Å². The van der Waals surface area contributed by atoms with E-state index in [1.54, 1.807) is 0 Å². The van der Waals surface area contributed by atoms with Crippen LogP contribution in [-0.4, -0.2) is 52.4 Å². The molecule has 6 heteroatoms. The van der Waals surface area contributed by atoms with Gasteiger partial charge in [0.15, 0.2) is 5.96 Å². The number of aromatic nitrogens is 2. The Bertz CT molecular complexity index is 810. The van der Waals surface area contributed by atoms with E-state index >= 15 is 0 Å². The van der Waals surface area contributed by atoms with Crippen LogP contribution >= 0.6 is 0 Å². The first-order valence-corrected chi connectivity index (χ1v) is 10.8. The average molecular weight is 397 g/mol. The van der Waals surface area contributed by atoms with E-state index in [0.29, 0.717) is 12.1 Å². The number of benzene rings is 1. The maximum atomic E-state index is 4.84. The van der Waals surface area contributed by atoms with Gasteiger partial charge in [-0.15, -0.1) is 0 Å². The topological polar surface area (TPSA) is 57.5 Å². The minimum absolute atomic E-state index is 0.424. The summed E-state index contributed by atoms with van der Waals surface area (Å²) < 4.78 is 1.96. The molecule has 2 atom stereocenters. The second-order valence-corrected chi connectivity index (χ2v) is 8.12. The molecule has 1 aromatic carbocycles. The van der Waals surface area contributed by atoms with Crippen molar-refractivity contribution in [3.63, 3.8) is 0 Å². The molecular weight excluding hydrogens is 360 g/mol. The zero-order chi connectivity index (χ0) is 20.8. The van der Waals surface area contributed by atoms with Crippen molar-refractivity contribution in [3.05, 3.63) is 52.8 Å². The Morgan fingerprint density at radius 1 is 1.24 bits per heavy atom. The monoisotopic (exact) mass is 396 g/mol. The molecular formula is C23H36N6. The van der Waals surface area contributed by atoms with Crippen LogP contribution in [0.2, 0.25) is 0 Å². The summed E-state index contributed by atoms with van der Waals surface area (Å²) in [6.45, 7) is 12.3. The molecule has 0 saturated carbocycles. The number of likely N-dealkylation sites (tertiary alicyclic amines) is 1. The number of aliphatic imine (C=N–C) groups is 1. The SMILES string of the molecule is CCNC(=NCCc1c(C)nn(C)c1C)NC1CC(C)N(Cc2ccccc2)C1. The third kappa shape index (κ3) is 5.60. The molecule has 1 aromatic heterocycles. The zero-order valence-corrected chi connectivity index (χ0v) is 18.6. The fourth-order valence-corrected chi connectivity index (χ4v) is 4.21. The molecule has 2 heterocycles. The lowest BCUT2D eigenvalue weighted by Gasteiger charge is -2.21. The number of rotatable bonds is 7. The summed E-state index contributed by atoms with van der Waals surface area (Å²) in [4.78, 5) is 7.39. The van der Waals surface area contributed by atoms with Crippen LogP contribution in [-0.2, 0) is 20.0 Å². The summed E-state index contributed by atoms with van der Waals surface area (Å²) in [5.41, 5.74) is 5.04. The van der Waals surface area contributed by atoms with Crippen LogP contribution in [0.25, 0.3) is 0 Å². The second-order valence-electron chi connectivity index (χ2n) is 8.12. The second kappa shape index (κ2) is 9.92. The molecule has 6 nitrogen and oxygen atoms in total. The Balaban J connectivity index is 1.56. The van der Waals surface area contributed by atoms with Crippen LogP contribution in [0.15, 0.2) is 35.3 Å². The molecule has 3 rings (SSSR count). The van der Waals surface area contributed by atoms with E-state index in [9.17, 15) is 0 Å². The highest BCUT2D eigenvalue weighted by atomic mass is 15.3. The minimum Gasteiger partial charge on any atom is -0.357 e. The normalized spacial score (nSPS) is 20.2. The standard InChI is InChI=1S/C23H36N6/c1-6-24-23(25-13-12-22-18(3)27-28(5)19(22)4)26-21-14-17(2)29(16-21)15-20-10-8-7-9-11-20/h7-11,17,21H,6,12-16H2,1-5H3,(H2,24,25,26). The van der Waals surface area contributed by atoms with Crippen LogP contribution in [0.3, 0.4) is 0 Å². The van der Waals surface area contributed by atoms with Gasteiger partial charge in [0.25, 0.3) is 0 Å². The Labute approximate surface area is 175 Å². The molecule has 0 bridgehead atoms. The Morgan fingerprint density at radius 2 is 2.00 bits per heavy atom. The molecule has 2 unspecified atom stereocenters. The van der Waals surface area contributed by atoms with Crippen LogP contribution in [0.5, 0.6) is 0 Å². The lowest BCUT2D eigenvalue weighted by atomic mass is 10.1. The highest BCUT2D eigenvalue weighted by Gasteiger charge is 2.29. The maximum absolute atomic E-state index is 4.84. The quantitative estimate of drug-likeness (QED) is 0.558. The summed E-state index contributed by atoms with van der Waals surface area (Å²) in [5.74, 6) is 0.922. The summed E-state index contributed by atoms with van der Waals surface area (Å²) >= 11 is 0. The molecule has 0 spiro atoms. The van der Waals surface area contributed by atoms with Gasteiger partial charge in [-0.05, 0) is 51.7 Å². The molecule has 29 heavy (non-hydrogen) atoms. The molecule has 0 radical (unpaired) electrons. The molecule has 1 aliphatic rings. The lowest BCUT2D eigenvalue weighted by molar-refractivity contribution is 0.258. The van der Waals surface area contributed by atoms with E-state index in [-0.39, 0.29) is 0 Å². The number of hydrogen-bond donors (Lipinski definition) is 2. The summed E-state index contributed by atoms with van der Waals surface area (Å²) in [6, 6.07) is 11.7. The predicted molar refractivity (Wildman–Crippen MR) is 120 cm³/mol. The van der Waals surface area contributed by atoms with Crippen LogP contribution < -0.4 is 10.6 Å². The van der Waals surface area contributed by atoms with E-state index in [1.165, 1.54) is 16.8 Å². The summed E-state index contributed by atoms with van der Waals surface area (Å²) in [7, 11) is 2.00. The van der Waals surface area contributed by atoms with Gasteiger partial charge in [0, 0.05) is 51.0 Å². The molecule has 1 saturated heterocycles. The number of aryl methyl sites for hydroxylation is 2. The molecule has 2 N–H and O–H groups in total. The van der Waals surface area contributed by atoms with Crippen LogP contribution in [0.4, 0.5) is 0 Å². The van der Waals surface area contributed by atoms with Crippen molar-refractivity contribution in [3.8, 4) is 0 Å². The average Bonchev–Trinajstić information content (AvgIpc) is 3.15. The number of hydrogen-bond acceptors (Lipinski definition) is 3. The minimum atomic E-state index is 0.424. The van der Waals surface area contributed by atoms with Gasteiger partial charge in [0.05, 0.1) is 5.69 Å². The van der Waals surface area contributed by atoms with Crippen molar-refractivity contribution in [1.29, 1.82) is 0 Å². The zero-order valence-electron chi connectivity index (χ0n) is 18.6. The van der Waals surface area contributed by atoms with Gasteiger partial charge in [0.2, 0.25) is 0 Å². The Kier molecular flexibility index (Phi) is 7.31. The summed E-state index contributed by atoms with van der Waals surface area (Å²) in [5, 5.41) is 11.6. The number of nitrogens with zero attached hydrogens (tertiary/aromatic N) is 4. The van der Waals surface area contributed by atoms with Gasteiger partial charge in [-0.3, -0.25) is 14.6 Å².